The van der Waals surface area contributed by atoms with Crippen LogP contribution in [0, 0.1) is 6.92 Å². The summed E-state index contributed by atoms with van der Waals surface area (Å²) in [5.74, 6) is 0.232. The van der Waals surface area contributed by atoms with Crippen molar-refractivity contribution in [3.63, 3.8) is 0 Å². The molecule has 1 aliphatic rings. The number of piperazine rings is 1. The lowest BCUT2D eigenvalue weighted by atomic mass is 10.0. The van der Waals surface area contributed by atoms with E-state index in [2.05, 4.69) is 40.5 Å². The van der Waals surface area contributed by atoms with Gasteiger partial charge < -0.3 is 20.5 Å². The number of likely N-dealkylation sites (N-methyl/N-ethyl adjacent to an activating group) is 1. The zero-order chi connectivity index (χ0) is 30.8. The van der Waals surface area contributed by atoms with Crippen LogP contribution in [-0.4, -0.2) is 73.9 Å². The molecule has 226 valence electrons. The molecular formula is C31H30F3N9O. The summed E-state index contributed by atoms with van der Waals surface area (Å²) in [6.45, 7) is 5.02. The van der Waals surface area contributed by atoms with Crippen molar-refractivity contribution in [2.75, 3.05) is 43.9 Å². The van der Waals surface area contributed by atoms with Crippen molar-refractivity contribution in [2.24, 2.45) is 0 Å². The van der Waals surface area contributed by atoms with E-state index in [4.69, 9.17) is 0 Å². The summed E-state index contributed by atoms with van der Waals surface area (Å²) in [6.07, 6.45) is 0.245. The van der Waals surface area contributed by atoms with E-state index in [-0.39, 0.29) is 17.7 Å². The molecule has 0 bridgehead atoms. The number of anilines is 3. The second-order valence-electron chi connectivity index (χ2n) is 10.8. The maximum atomic E-state index is 14.1. The van der Waals surface area contributed by atoms with Gasteiger partial charge in [0.05, 0.1) is 11.9 Å². The summed E-state index contributed by atoms with van der Waals surface area (Å²) in [5.41, 5.74) is 2.91. The molecule has 4 heterocycles. The molecule has 0 saturated carbocycles. The number of hydrogen-bond acceptors (Lipinski definition) is 8. The highest BCUT2D eigenvalue weighted by atomic mass is 19.4. The number of aromatic nitrogens is 5. The van der Waals surface area contributed by atoms with E-state index in [1.54, 1.807) is 36.7 Å². The third-order valence-corrected chi connectivity index (χ3v) is 7.61. The van der Waals surface area contributed by atoms with E-state index in [1.165, 1.54) is 18.5 Å². The van der Waals surface area contributed by atoms with Crippen LogP contribution in [0.25, 0.3) is 22.6 Å². The fraction of sp³-hybridized carbons (Fsp3) is 0.258. The molecule has 0 unspecified atom stereocenters. The number of aromatic amines is 1. The lowest BCUT2D eigenvalue weighted by molar-refractivity contribution is -0.138. The molecule has 13 heteroatoms. The number of pyridine rings is 1. The molecular weight excluding hydrogens is 571 g/mol. The Morgan fingerprint density at radius 2 is 1.86 bits per heavy atom. The van der Waals surface area contributed by atoms with Crippen LogP contribution in [0.4, 0.5) is 30.4 Å². The second-order valence-corrected chi connectivity index (χ2v) is 10.8. The molecule has 1 amide bonds. The van der Waals surface area contributed by atoms with Crippen molar-refractivity contribution in [1.29, 1.82) is 0 Å². The zero-order valence-electron chi connectivity index (χ0n) is 24.1. The topological polar surface area (TPSA) is 115 Å². The first-order valence-electron chi connectivity index (χ1n) is 14.1. The molecule has 0 spiro atoms. The smallest absolute Gasteiger partial charge is 0.338 e. The van der Waals surface area contributed by atoms with Crippen LogP contribution < -0.4 is 10.6 Å². The zero-order valence-corrected chi connectivity index (χ0v) is 24.1. The third-order valence-electron chi connectivity index (χ3n) is 7.61. The molecule has 2 aromatic carbocycles. The Morgan fingerprint density at radius 1 is 1.05 bits per heavy atom. The largest absolute Gasteiger partial charge is 0.416 e. The molecule has 44 heavy (non-hydrogen) atoms. The van der Waals surface area contributed by atoms with Crippen molar-refractivity contribution in [2.45, 2.75) is 19.6 Å². The van der Waals surface area contributed by atoms with Gasteiger partial charge in [-0.2, -0.15) is 13.2 Å². The predicted octanol–water partition coefficient (Wildman–Crippen LogP) is 5.49. The summed E-state index contributed by atoms with van der Waals surface area (Å²) in [7, 11) is 1.99. The SMILES string of the molecule is Cc1ccc(NC(=O)c2ccc(CN3CCN(C)CC3)c(C(F)(F)F)c2)cc1Nc1nc(-c2cccnc2)nc2[nH]cnc12. The molecule has 0 atom stereocenters. The maximum absolute atomic E-state index is 14.1. The number of H-pyrrole nitrogens is 1. The van der Waals surface area contributed by atoms with Crippen LogP contribution in [-0.2, 0) is 12.7 Å². The second kappa shape index (κ2) is 12.0. The van der Waals surface area contributed by atoms with E-state index in [1.807, 2.05) is 24.9 Å². The minimum atomic E-state index is -4.59. The van der Waals surface area contributed by atoms with Gasteiger partial charge in [0.2, 0.25) is 0 Å². The molecule has 3 N–H and O–H groups in total. The summed E-state index contributed by atoms with van der Waals surface area (Å²) in [5, 5.41) is 6.02. The number of nitrogens with one attached hydrogen (secondary N) is 3. The molecule has 1 aliphatic heterocycles. The molecule has 6 rings (SSSR count). The lowest BCUT2D eigenvalue weighted by Crippen LogP contribution is -2.44. The number of rotatable bonds is 7. The number of carbonyl (C=O) groups is 1. The lowest BCUT2D eigenvalue weighted by Gasteiger charge is -2.33. The number of fused-ring (bicyclic) bond motifs is 1. The highest BCUT2D eigenvalue weighted by Crippen LogP contribution is 2.34. The Kier molecular flexibility index (Phi) is 7.97. The highest BCUT2D eigenvalue weighted by molar-refractivity contribution is 6.04. The summed E-state index contributed by atoms with van der Waals surface area (Å²) >= 11 is 0. The Morgan fingerprint density at radius 3 is 2.61 bits per heavy atom. The number of amides is 1. The van der Waals surface area contributed by atoms with Gasteiger partial charge in [-0.1, -0.05) is 12.1 Å². The van der Waals surface area contributed by atoms with Gasteiger partial charge in [0.1, 0.15) is 0 Å². The van der Waals surface area contributed by atoms with Gasteiger partial charge in [-0.3, -0.25) is 14.7 Å². The van der Waals surface area contributed by atoms with Gasteiger partial charge in [0, 0.05) is 67.6 Å². The monoisotopic (exact) mass is 601 g/mol. The quantitative estimate of drug-likeness (QED) is 0.225. The van der Waals surface area contributed by atoms with Crippen molar-refractivity contribution in [3.05, 3.63) is 89.5 Å². The Hall–Kier alpha value is -4.88. The fourth-order valence-electron chi connectivity index (χ4n) is 5.08. The van der Waals surface area contributed by atoms with Crippen LogP contribution in [0.5, 0.6) is 0 Å². The first-order valence-corrected chi connectivity index (χ1v) is 14.1. The number of carbonyl (C=O) groups excluding carboxylic acids is 1. The number of imidazole rings is 1. The summed E-state index contributed by atoms with van der Waals surface area (Å²) in [4.78, 5) is 38.0. The molecule has 10 nitrogen and oxygen atoms in total. The number of benzene rings is 2. The first-order chi connectivity index (χ1) is 21.1. The van der Waals surface area contributed by atoms with Crippen molar-refractivity contribution >= 4 is 34.3 Å². The van der Waals surface area contributed by atoms with E-state index < -0.39 is 17.6 Å². The predicted molar refractivity (Wildman–Crippen MR) is 162 cm³/mol. The molecule has 0 aliphatic carbocycles. The number of alkyl halides is 3. The van der Waals surface area contributed by atoms with Crippen LogP contribution in [0.2, 0.25) is 0 Å². The van der Waals surface area contributed by atoms with E-state index in [0.29, 0.717) is 47.3 Å². The standard InChI is InChI=1S/C31H30F3N9O/c1-19-5-8-23(15-25(19)39-29-26-28(37-18-36-26)40-27(41-29)21-4-3-9-35-16-21)38-30(44)20-6-7-22(24(14-20)31(32,33)34)17-43-12-10-42(2)11-13-43/h3-9,14-16,18H,10-13,17H2,1-2H3,(H,38,44)(H2,36,37,39,40,41). The van der Waals surface area contributed by atoms with Crippen LogP contribution in [0.3, 0.4) is 0 Å². The van der Waals surface area contributed by atoms with E-state index in [9.17, 15) is 18.0 Å². The number of nitrogens with zero attached hydrogens (tertiary/aromatic N) is 6. The van der Waals surface area contributed by atoms with Gasteiger partial charge in [0.15, 0.2) is 22.8 Å². The minimum absolute atomic E-state index is 0.0790. The van der Waals surface area contributed by atoms with E-state index >= 15 is 0 Å². The Bertz CT molecular complexity index is 1800. The van der Waals surface area contributed by atoms with E-state index in [0.717, 1.165) is 30.3 Å². The van der Waals surface area contributed by atoms with Crippen LogP contribution in [0.15, 0.2) is 67.3 Å². The van der Waals surface area contributed by atoms with Crippen LogP contribution in [0.1, 0.15) is 27.0 Å². The summed E-state index contributed by atoms with van der Waals surface area (Å²) in [6, 6.07) is 12.6. The van der Waals surface area contributed by atoms with Gasteiger partial charge in [-0.15, -0.1) is 0 Å². The third kappa shape index (κ3) is 6.38. The molecule has 0 radical (unpaired) electrons. The highest BCUT2D eigenvalue weighted by Gasteiger charge is 2.34. The Labute approximate surface area is 251 Å². The fourth-order valence-corrected chi connectivity index (χ4v) is 5.08. The van der Waals surface area contributed by atoms with Crippen molar-refractivity contribution in [1.82, 2.24) is 34.7 Å². The van der Waals surface area contributed by atoms with Crippen molar-refractivity contribution in [3.8, 4) is 11.4 Å². The molecule has 1 saturated heterocycles. The number of aryl methyl sites for hydroxylation is 1. The summed E-state index contributed by atoms with van der Waals surface area (Å²) < 4.78 is 42.2. The molecule has 3 aromatic heterocycles. The average molecular weight is 602 g/mol. The molecule has 1 fully saturated rings. The van der Waals surface area contributed by atoms with Gasteiger partial charge in [-0.25, -0.2) is 15.0 Å². The normalized spacial score (nSPS) is 14.6. The number of hydrogen-bond donors (Lipinski definition) is 3. The average Bonchev–Trinajstić information content (AvgIpc) is 3.49. The first kappa shape index (κ1) is 29.2. The van der Waals surface area contributed by atoms with Gasteiger partial charge in [-0.05, 0) is 61.5 Å². The van der Waals surface area contributed by atoms with Gasteiger partial charge >= 0.3 is 6.18 Å². The van der Waals surface area contributed by atoms with Gasteiger partial charge in [0.25, 0.3) is 5.91 Å². The maximum Gasteiger partial charge on any atom is 0.416 e. The van der Waals surface area contributed by atoms with Crippen LogP contribution >= 0.6 is 0 Å². The van der Waals surface area contributed by atoms with Crippen molar-refractivity contribution < 1.29 is 18.0 Å². The number of halogens is 3. The molecule has 5 aromatic rings. The Balaban J connectivity index is 1.23. The minimum Gasteiger partial charge on any atom is -0.338 e.